The highest BCUT2D eigenvalue weighted by Crippen LogP contribution is 2.21. The molecule has 1 aromatic heterocycles. The van der Waals surface area contributed by atoms with Crippen LogP contribution in [-0.4, -0.2) is 17.4 Å². The molecule has 0 bridgehead atoms. The summed E-state index contributed by atoms with van der Waals surface area (Å²) < 4.78 is 2.25. The molecule has 0 N–H and O–H groups in total. The van der Waals surface area contributed by atoms with Gasteiger partial charge < -0.3 is 4.57 Å². The summed E-state index contributed by atoms with van der Waals surface area (Å²) in [4.78, 5) is 4.29. The van der Waals surface area contributed by atoms with Crippen molar-refractivity contribution in [3.63, 3.8) is 0 Å². The summed E-state index contributed by atoms with van der Waals surface area (Å²) in [5.74, 6) is 1.66. The van der Waals surface area contributed by atoms with Gasteiger partial charge in [-0.1, -0.05) is 121 Å². The van der Waals surface area contributed by atoms with Crippen LogP contribution in [0.4, 0.5) is 0 Å². The molecule has 5 aromatic rings. The number of hydrogen-bond donors (Lipinski definition) is 0. The highest BCUT2D eigenvalue weighted by Gasteiger charge is 2.04. The van der Waals surface area contributed by atoms with Gasteiger partial charge in [-0.05, 0) is 34.2 Å². The molecule has 0 atom stereocenters. The van der Waals surface area contributed by atoms with Gasteiger partial charge in [-0.2, -0.15) is 0 Å². The fourth-order valence-corrected chi connectivity index (χ4v) is 3.99. The second-order valence-electron chi connectivity index (χ2n) is 8.29. The second-order valence-corrected chi connectivity index (χ2v) is 8.29. The minimum absolute atomic E-state index is 0.940. The van der Waals surface area contributed by atoms with E-state index in [9.17, 15) is 0 Å². The molecule has 0 aliphatic heterocycles. The first-order valence-corrected chi connectivity index (χ1v) is 11.9. The number of aromatic nitrogens is 2. The van der Waals surface area contributed by atoms with E-state index in [2.05, 4.69) is 94.5 Å². The fraction of sp³-hybridized carbons (Fsp3) is 0.0938. The molecule has 170 valence electrons. The summed E-state index contributed by atoms with van der Waals surface area (Å²) in [6, 6.07) is 41.4. The van der Waals surface area contributed by atoms with Crippen LogP contribution < -0.4 is 0 Å². The summed E-state index contributed by atoms with van der Waals surface area (Å²) in [5, 5.41) is 0. The Hall–Kier alpha value is -4.11. The number of rotatable bonds is 7. The van der Waals surface area contributed by atoms with Crippen molar-refractivity contribution in [1.29, 1.82) is 0 Å². The van der Waals surface area contributed by atoms with Crippen LogP contribution >= 0.6 is 0 Å². The van der Waals surface area contributed by atoms with Crippen molar-refractivity contribution in [3.8, 4) is 0 Å². The van der Waals surface area contributed by atoms with E-state index in [0.717, 1.165) is 36.1 Å². The minimum atomic E-state index is 0.940. The van der Waals surface area contributed by atoms with Gasteiger partial charge in [-0.15, -0.1) is 5.98 Å². The Kier molecular flexibility index (Phi) is 8.90. The van der Waals surface area contributed by atoms with Crippen LogP contribution in [-0.2, 0) is 19.4 Å². The highest BCUT2D eigenvalue weighted by atomic mass is 15.0. The van der Waals surface area contributed by atoms with Gasteiger partial charge in [0.05, 0.1) is 6.33 Å². The predicted octanol–water partition coefficient (Wildman–Crippen LogP) is 6.96. The lowest BCUT2D eigenvalue weighted by Crippen LogP contribution is -2.05. The molecule has 0 saturated carbocycles. The van der Waals surface area contributed by atoms with Crippen LogP contribution in [0.2, 0.25) is 0 Å². The van der Waals surface area contributed by atoms with Crippen LogP contribution in [0.25, 0.3) is 5.57 Å². The maximum absolute atomic E-state index is 5.67. The molecule has 0 saturated heterocycles. The molecule has 0 unspecified atom stereocenters. The Balaban J connectivity index is 0.000000172. The van der Waals surface area contributed by atoms with Gasteiger partial charge in [0.1, 0.15) is 7.85 Å². The van der Waals surface area contributed by atoms with Crippen molar-refractivity contribution in [2.24, 2.45) is 0 Å². The zero-order valence-electron chi connectivity index (χ0n) is 19.9. The number of benzene rings is 4. The summed E-state index contributed by atoms with van der Waals surface area (Å²) in [6.45, 7) is 0.978. The molecule has 5 rings (SSSR count). The monoisotopic (exact) mass is 452 g/mol. The SMILES string of the molecule is [B]C=C(c1ccccc1)c1ccccc1.c1ccc(CCn2cncc2Cc2ccccc2)cc1. The van der Waals surface area contributed by atoms with Gasteiger partial charge in [0.2, 0.25) is 0 Å². The zero-order chi connectivity index (χ0) is 24.1. The topological polar surface area (TPSA) is 17.8 Å². The normalized spacial score (nSPS) is 10.2. The molecular formula is C32H29BN2. The highest BCUT2D eigenvalue weighted by molar-refractivity contribution is 6.21. The van der Waals surface area contributed by atoms with Gasteiger partial charge in [-0.3, -0.25) is 0 Å². The lowest BCUT2D eigenvalue weighted by atomic mass is 9.92. The average molecular weight is 452 g/mol. The Morgan fingerprint density at radius 3 is 1.66 bits per heavy atom. The maximum Gasteiger partial charge on any atom is 0.103 e. The standard InChI is InChI=1S/C18H18N2.C14H11B/c1-3-7-16(8-4-1)11-12-20-15-19-14-18(20)13-17-9-5-2-6-10-17;15-11-14(12-7-3-1-4-8-12)13-9-5-2-6-10-13/h1-10,14-15H,11-13H2;1-11H. The van der Waals surface area contributed by atoms with Gasteiger partial charge in [0, 0.05) is 24.9 Å². The predicted molar refractivity (Wildman–Crippen MR) is 147 cm³/mol. The molecule has 2 nitrogen and oxygen atoms in total. The van der Waals surface area contributed by atoms with Crippen molar-refractivity contribution in [2.45, 2.75) is 19.4 Å². The summed E-state index contributed by atoms with van der Waals surface area (Å²) in [5.41, 5.74) is 7.32. The Bertz CT molecular complexity index is 1250. The molecule has 0 aliphatic carbocycles. The van der Waals surface area contributed by atoms with Crippen molar-refractivity contribution in [1.82, 2.24) is 9.55 Å². The van der Waals surface area contributed by atoms with Crippen LogP contribution in [0.5, 0.6) is 0 Å². The van der Waals surface area contributed by atoms with E-state index in [1.165, 1.54) is 16.8 Å². The van der Waals surface area contributed by atoms with Gasteiger partial charge >= 0.3 is 0 Å². The number of aryl methyl sites for hydroxylation is 2. The zero-order valence-corrected chi connectivity index (χ0v) is 19.9. The van der Waals surface area contributed by atoms with Crippen molar-refractivity contribution in [2.75, 3.05) is 0 Å². The van der Waals surface area contributed by atoms with Crippen LogP contribution in [0.1, 0.15) is 27.9 Å². The van der Waals surface area contributed by atoms with E-state index >= 15 is 0 Å². The largest absolute Gasteiger partial charge is 0.334 e. The van der Waals surface area contributed by atoms with E-state index < -0.39 is 0 Å². The van der Waals surface area contributed by atoms with Crippen LogP contribution in [0.3, 0.4) is 0 Å². The third-order valence-corrected chi connectivity index (χ3v) is 5.85. The third kappa shape index (κ3) is 7.19. The van der Waals surface area contributed by atoms with Crippen molar-refractivity contribution >= 4 is 13.4 Å². The van der Waals surface area contributed by atoms with Crippen LogP contribution in [0, 0.1) is 0 Å². The van der Waals surface area contributed by atoms with Gasteiger partial charge in [-0.25, -0.2) is 4.98 Å². The molecule has 0 amide bonds. The number of nitrogens with zero attached hydrogens (tertiary/aromatic N) is 2. The van der Waals surface area contributed by atoms with Gasteiger partial charge in [0.15, 0.2) is 0 Å². The van der Waals surface area contributed by atoms with E-state index in [1.807, 2.05) is 48.9 Å². The van der Waals surface area contributed by atoms with Crippen LogP contribution in [0.15, 0.2) is 140 Å². The molecular weight excluding hydrogens is 423 g/mol. The summed E-state index contributed by atoms with van der Waals surface area (Å²) in [7, 11) is 5.67. The van der Waals surface area contributed by atoms with Gasteiger partial charge in [0.25, 0.3) is 0 Å². The lowest BCUT2D eigenvalue weighted by molar-refractivity contribution is 0.668. The second kappa shape index (κ2) is 13.0. The quantitative estimate of drug-likeness (QED) is 0.244. The first-order chi connectivity index (χ1) is 17.3. The Labute approximate surface area is 210 Å². The molecule has 2 radical (unpaired) electrons. The molecule has 35 heavy (non-hydrogen) atoms. The fourth-order valence-electron chi connectivity index (χ4n) is 3.99. The average Bonchev–Trinajstić information content (AvgIpc) is 3.37. The van der Waals surface area contributed by atoms with E-state index in [0.29, 0.717) is 0 Å². The lowest BCUT2D eigenvalue weighted by Gasteiger charge is -2.08. The maximum atomic E-state index is 5.67. The molecule has 4 aromatic carbocycles. The van der Waals surface area contributed by atoms with E-state index in [4.69, 9.17) is 7.85 Å². The Morgan fingerprint density at radius 2 is 1.14 bits per heavy atom. The first kappa shape index (κ1) is 24.0. The van der Waals surface area contributed by atoms with E-state index in [-0.39, 0.29) is 0 Å². The molecule has 1 heterocycles. The third-order valence-electron chi connectivity index (χ3n) is 5.85. The number of imidazole rings is 1. The van der Waals surface area contributed by atoms with Crippen molar-refractivity contribution in [3.05, 3.63) is 168 Å². The first-order valence-electron chi connectivity index (χ1n) is 11.9. The number of hydrogen-bond acceptors (Lipinski definition) is 1. The molecule has 0 fully saturated rings. The molecule has 0 aliphatic rings. The summed E-state index contributed by atoms with van der Waals surface area (Å²) >= 11 is 0. The minimum Gasteiger partial charge on any atom is -0.334 e. The molecule has 0 spiro atoms. The Morgan fingerprint density at radius 1 is 0.657 bits per heavy atom. The van der Waals surface area contributed by atoms with Crippen molar-refractivity contribution < 1.29 is 0 Å². The van der Waals surface area contributed by atoms with E-state index in [1.54, 1.807) is 5.98 Å². The summed E-state index contributed by atoms with van der Waals surface area (Å²) in [6.07, 6.45) is 5.88. The molecule has 3 heteroatoms. The smallest absolute Gasteiger partial charge is 0.103 e.